The monoisotopic (exact) mass is 260 g/mol. The zero-order chi connectivity index (χ0) is 12.6. The van der Waals surface area contributed by atoms with Gasteiger partial charge < -0.3 is 5.11 Å². The van der Waals surface area contributed by atoms with Gasteiger partial charge >= 0.3 is 5.97 Å². The van der Waals surface area contributed by atoms with Crippen molar-refractivity contribution in [3.63, 3.8) is 0 Å². The maximum atomic E-state index is 13.3. The molecule has 1 atom stereocenters. The van der Waals surface area contributed by atoms with Crippen LogP contribution in [-0.2, 0) is 4.79 Å². The van der Waals surface area contributed by atoms with Gasteiger partial charge in [0.15, 0.2) is 11.6 Å². The van der Waals surface area contributed by atoms with E-state index in [4.69, 9.17) is 16.7 Å². The molecule has 0 spiro atoms. The summed E-state index contributed by atoms with van der Waals surface area (Å²) in [5, 5.41) is 8.54. The number of hydrogen-bond donors (Lipinski definition) is 1. The third-order valence-corrected chi connectivity index (χ3v) is 3.43. The molecule has 1 aromatic rings. The highest BCUT2D eigenvalue weighted by Gasteiger charge is 2.35. The van der Waals surface area contributed by atoms with E-state index in [1.165, 1.54) is 6.07 Å². The van der Waals surface area contributed by atoms with Crippen molar-refractivity contribution in [2.24, 2.45) is 5.92 Å². The fraction of sp³-hybridized carbons (Fsp3) is 0.417. The summed E-state index contributed by atoms with van der Waals surface area (Å²) in [7, 11) is 0. The summed E-state index contributed by atoms with van der Waals surface area (Å²) in [5.74, 6) is -3.17. The van der Waals surface area contributed by atoms with Gasteiger partial charge in [0.25, 0.3) is 0 Å². The van der Waals surface area contributed by atoms with Crippen LogP contribution in [0.1, 0.15) is 30.7 Å². The van der Waals surface area contributed by atoms with Gasteiger partial charge in [-0.25, -0.2) is 8.78 Å². The molecule has 0 radical (unpaired) electrons. The smallest absolute Gasteiger partial charge is 0.303 e. The van der Waals surface area contributed by atoms with Gasteiger partial charge in [-0.3, -0.25) is 4.79 Å². The Labute approximate surface area is 102 Å². The van der Waals surface area contributed by atoms with Gasteiger partial charge in [0.2, 0.25) is 0 Å². The minimum Gasteiger partial charge on any atom is -0.481 e. The first-order chi connectivity index (χ1) is 8.00. The Balaban J connectivity index is 2.35. The first kappa shape index (κ1) is 12.3. The summed E-state index contributed by atoms with van der Waals surface area (Å²) >= 11 is 5.74. The molecule has 1 N–H and O–H groups in total. The summed E-state index contributed by atoms with van der Waals surface area (Å²) in [4.78, 5) is 10.8. The van der Waals surface area contributed by atoms with Crippen LogP contribution in [0.5, 0.6) is 0 Å². The van der Waals surface area contributed by atoms with Gasteiger partial charge in [-0.05, 0) is 36.3 Å². The van der Waals surface area contributed by atoms with Crippen LogP contribution in [0.25, 0.3) is 0 Å². The van der Waals surface area contributed by atoms with Crippen molar-refractivity contribution in [1.82, 2.24) is 0 Å². The Morgan fingerprint density at radius 3 is 2.65 bits per heavy atom. The minimum absolute atomic E-state index is 0.102. The van der Waals surface area contributed by atoms with Crippen molar-refractivity contribution in [3.05, 3.63) is 34.4 Å². The van der Waals surface area contributed by atoms with Gasteiger partial charge in [0.05, 0.1) is 11.4 Å². The highest BCUT2D eigenvalue weighted by Crippen LogP contribution is 2.46. The molecule has 5 heteroatoms. The van der Waals surface area contributed by atoms with Gasteiger partial charge in [-0.15, -0.1) is 0 Å². The van der Waals surface area contributed by atoms with E-state index in [0.29, 0.717) is 5.56 Å². The zero-order valence-electron chi connectivity index (χ0n) is 8.92. The first-order valence-corrected chi connectivity index (χ1v) is 5.73. The summed E-state index contributed by atoms with van der Waals surface area (Å²) in [6.07, 6.45) is 1.72. The highest BCUT2D eigenvalue weighted by atomic mass is 35.5. The fourth-order valence-electron chi connectivity index (χ4n) is 2.04. The molecule has 1 aliphatic carbocycles. The van der Waals surface area contributed by atoms with E-state index >= 15 is 0 Å². The summed E-state index contributed by atoms with van der Waals surface area (Å²) in [6, 6.07) is 2.38. The molecule has 0 aromatic heterocycles. The second-order valence-electron chi connectivity index (χ2n) is 4.31. The lowest BCUT2D eigenvalue weighted by Gasteiger charge is -2.16. The van der Waals surface area contributed by atoms with Crippen molar-refractivity contribution in [2.75, 3.05) is 0 Å². The number of rotatable bonds is 4. The average molecular weight is 261 g/mol. The van der Waals surface area contributed by atoms with Crippen LogP contribution in [-0.4, -0.2) is 11.1 Å². The lowest BCUT2D eigenvalue weighted by atomic mass is 9.91. The number of carboxylic acid groups (broad SMARTS) is 1. The first-order valence-electron chi connectivity index (χ1n) is 5.36. The third kappa shape index (κ3) is 2.57. The van der Waals surface area contributed by atoms with Crippen LogP contribution in [0.15, 0.2) is 12.1 Å². The number of aliphatic carboxylic acids is 1. The Hall–Kier alpha value is -1.16. The standard InChI is InChI=1S/C12H11ClF2O2/c13-11-7(3-4-9(14)12(11)15)8(5-10(16)17)6-1-2-6/h3-4,6,8H,1-2,5H2,(H,16,17). The van der Waals surface area contributed by atoms with Crippen LogP contribution >= 0.6 is 11.6 Å². The van der Waals surface area contributed by atoms with E-state index in [1.807, 2.05) is 0 Å². The van der Waals surface area contributed by atoms with E-state index < -0.39 is 17.6 Å². The van der Waals surface area contributed by atoms with Crippen molar-refractivity contribution in [3.8, 4) is 0 Å². The van der Waals surface area contributed by atoms with E-state index in [2.05, 4.69) is 0 Å². The molecule has 17 heavy (non-hydrogen) atoms. The van der Waals surface area contributed by atoms with E-state index in [0.717, 1.165) is 18.9 Å². The molecule has 0 heterocycles. The predicted molar refractivity (Wildman–Crippen MR) is 59.1 cm³/mol. The van der Waals surface area contributed by atoms with Crippen molar-refractivity contribution in [2.45, 2.75) is 25.2 Å². The van der Waals surface area contributed by atoms with Gasteiger partial charge in [0, 0.05) is 0 Å². The Morgan fingerprint density at radius 1 is 1.47 bits per heavy atom. The average Bonchev–Trinajstić information content (AvgIpc) is 3.07. The van der Waals surface area contributed by atoms with E-state index in [1.54, 1.807) is 0 Å². The molecule has 2 rings (SSSR count). The number of halogens is 3. The Morgan fingerprint density at radius 2 is 2.12 bits per heavy atom. The number of benzene rings is 1. The van der Waals surface area contributed by atoms with Crippen molar-refractivity contribution < 1.29 is 18.7 Å². The summed E-state index contributed by atoms with van der Waals surface area (Å²) in [6.45, 7) is 0. The van der Waals surface area contributed by atoms with Crippen molar-refractivity contribution in [1.29, 1.82) is 0 Å². The third-order valence-electron chi connectivity index (χ3n) is 3.05. The molecule has 1 aliphatic rings. The molecule has 0 saturated heterocycles. The predicted octanol–water partition coefficient (Wildman–Crippen LogP) is 3.59. The quantitative estimate of drug-likeness (QED) is 0.840. The largest absolute Gasteiger partial charge is 0.481 e. The lowest BCUT2D eigenvalue weighted by Crippen LogP contribution is -2.10. The molecular formula is C12H11ClF2O2. The fourth-order valence-corrected chi connectivity index (χ4v) is 2.34. The van der Waals surface area contributed by atoms with E-state index in [9.17, 15) is 13.6 Å². The molecule has 0 bridgehead atoms. The molecule has 1 aromatic carbocycles. The topological polar surface area (TPSA) is 37.3 Å². The lowest BCUT2D eigenvalue weighted by molar-refractivity contribution is -0.137. The minimum atomic E-state index is -1.10. The van der Waals surface area contributed by atoms with Gasteiger partial charge in [-0.2, -0.15) is 0 Å². The van der Waals surface area contributed by atoms with Gasteiger partial charge in [-0.1, -0.05) is 17.7 Å². The number of carbonyl (C=O) groups is 1. The van der Waals surface area contributed by atoms with Crippen LogP contribution in [0.4, 0.5) is 8.78 Å². The maximum Gasteiger partial charge on any atom is 0.303 e. The van der Waals surface area contributed by atoms with E-state index in [-0.39, 0.29) is 23.3 Å². The Kier molecular flexibility index (Phi) is 3.33. The zero-order valence-corrected chi connectivity index (χ0v) is 9.68. The maximum absolute atomic E-state index is 13.3. The van der Waals surface area contributed by atoms with Gasteiger partial charge in [0.1, 0.15) is 0 Å². The molecule has 1 saturated carbocycles. The highest BCUT2D eigenvalue weighted by molar-refractivity contribution is 6.31. The van der Waals surface area contributed by atoms with Crippen LogP contribution in [0, 0.1) is 17.6 Å². The summed E-state index contributed by atoms with van der Waals surface area (Å²) in [5.41, 5.74) is 0.399. The SMILES string of the molecule is O=C(O)CC(c1ccc(F)c(F)c1Cl)C1CC1. The summed E-state index contributed by atoms with van der Waals surface area (Å²) < 4.78 is 26.2. The normalized spacial score (nSPS) is 16.9. The molecule has 1 unspecified atom stereocenters. The number of hydrogen-bond acceptors (Lipinski definition) is 1. The second-order valence-corrected chi connectivity index (χ2v) is 4.68. The molecule has 92 valence electrons. The molecular weight excluding hydrogens is 250 g/mol. The second kappa shape index (κ2) is 4.61. The Bertz CT molecular complexity index is 458. The van der Waals surface area contributed by atoms with Crippen LogP contribution in [0.2, 0.25) is 5.02 Å². The van der Waals surface area contributed by atoms with Crippen molar-refractivity contribution >= 4 is 17.6 Å². The van der Waals surface area contributed by atoms with Crippen LogP contribution in [0.3, 0.4) is 0 Å². The molecule has 0 aliphatic heterocycles. The molecule has 1 fully saturated rings. The van der Waals surface area contributed by atoms with Crippen LogP contribution < -0.4 is 0 Å². The molecule has 2 nitrogen and oxygen atoms in total. The number of carboxylic acids is 1. The molecule has 0 amide bonds.